The van der Waals surface area contributed by atoms with Gasteiger partial charge in [-0.3, -0.25) is 4.79 Å². The van der Waals surface area contributed by atoms with Gasteiger partial charge in [-0.15, -0.1) is 0 Å². The highest BCUT2D eigenvalue weighted by Crippen LogP contribution is 2.15. The SMILES string of the molecule is COC(=O)C1=C(OC)CC(=O)NC=C1. The summed E-state index contributed by atoms with van der Waals surface area (Å²) in [7, 11) is 2.68. The molecule has 1 rings (SSSR count). The lowest BCUT2D eigenvalue weighted by atomic mass is 10.2. The average Bonchev–Trinajstić information content (AvgIpc) is 2.38. The average molecular weight is 197 g/mol. The van der Waals surface area contributed by atoms with Gasteiger partial charge in [0, 0.05) is 6.20 Å². The molecule has 0 aromatic carbocycles. The summed E-state index contributed by atoms with van der Waals surface area (Å²) in [6, 6.07) is 0. The van der Waals surface area contributed by atoms with Crippen molar-refractivity contribution in [1.82, 2.24) is 5.32 Å². The number of amides is 1. The fourth-order valence-electron chi connectivity index (χ4n) is 1.08. The summed E-state index contributed by atoms with van der Waals surface area (Å²) >= 11 is 0. The summed E-state index contributed by atoms with van der Waals surface area (Å²) < 4.78 is 9.49. The van der Waals surface area contributed by atoms with Gasteiger partial charge in [0.15, 0.2) is 0 Å². The van der Waals surface area contributed by atoms with E-state index in [-0.39, 0.29) is 17.9 Å². The Labute approximate surface area is 81.4 Å². The summed E-state index contributed by atoms with van der Waals surface area (Å²) in [6.07, 6.45) is 2.88. The topological polar surface area (TPSA) is 64.6 Å². The highest BCUT2D eigenvalue weighted by molar-refractivity contribution is 5.94. The van der Waals surface area contributed by atoms with E-state index in [0.29, 0.717) is 5.76 Å². The molecule has 0 saturated carbocycles. The van der Waals surface area contributed by atoms with Crippen LogP contribution in [0.25, 0.3) is 0 Å². The molecule has 14 heavy (non-hydrogen) atoms. The quantitative estimate of drug-likeness (QED) is 0.637. The van der Waals surface area contributed by atoms with Crippen molar-refractivity contribution in [3.8, 4) is 0 Å². The lowest BCUT2D eigenvalue weighted by Gasteiger charge is -2.06. The van der Waals surface area contributed by atoms with Gasteiger partial charge >= 0.3 is 5.97 Å². The molecule has 0 atom stereocenters. The van der Waals surface area contributed by atoms with Crippen LogP contribution in [0.5, 0.6) is 0 Å². The minimum atomic E-state index is -0.519. The van der Waals surface area contributed by atoms with Gasteiger partial charge in [0.05, 0.1) is 26.2 Å². The summed E-state index contributed by atoms with van der Waals surface area (Å²) in [6.45, 7) is 0. The zero-order valence-electron chi connectivity index (χ0n) is 7.99. The van der Waals surface area contributed by atoms with E-state index >= 15 is 0 Å². The van der Waals surface area contributed by atoms with Gasteiger partial charge in [0.1, 0.15) is 5.76 Å². The number of hydrogen-bond acceptors (Lipinski definition) is 4. The Morgan fingerprint density at radius 3 is 2.79 bits per heavy atom. The van der Waals surface area contributed by atoms with Crippen LogP contribution in [0.4, 0.5) is 0 Å². The highest BCUT2D eigenvalue weighted by Gasteiger charge is 2.19. The minimum Gasteiger partial charge on any atom is -0.500 e. The van der Waals surface area contributed by atoms with Crippen LogP contribution >= 0.6 is 0 Å². The highest BCUT2D eigenvalue weighted by atomic mass is 16.5. The first-order chi connectivity index (χ1) is 6.69. The molecule has 5 nitrogen and oxygen atoms in total. The van der Waals surface area contributed by atoms with Crippen LogP contribution in [0.2, 0.25) is 0 Å². The Hall–Kier alpha value is -1.78. The molecular weight excluding hydrogens is 186 g/mol. The molecule has 1 aliphatic heterocycles. The van der Waals surface area contributed by atoms with Crippen LogP contribution in [0.1, 0.15) is 6.42 Å². The third-order valence-electron chi connectivity index (χ3n) is 1.77. The van der Waals surface area contributed by atoms with E-state index in [1.807, 2.05) is 0 Å². The van der Waals surface area contributed by atoms with E-state index in [1.54, 1.807) is 0 Å². The van der Waals surface area contributed by atoms with E-state index in [9.17, 15) is 9.59 Å². The Balaban J connectivity index is 3.03. The van der Waals surface area contributed by atoms with E-state index in [1.165, 1.54) is 26.5 Å². The maximum Gasteiger partial charge on any atom is 0.341 e. The van der Waals surface area contributed by atoms with E-state index in [2.05, 4.69) is 10.1 Å². The molecular formula is C9H11NO4. The summed E-state index contributed by atoms with van der Waals surface area (Å²) in [5.41, 5.74) is 0.258. The van der Waals surface area contributed by atoms with Crippen LogP contribution in [-0.4, -0.2) is 26.1 Å². The van der Waals surface area contributed by atoms with Crippen LogP contribution < -0.4 is 5.32 Å². The zero-order valence-corrected chi connectivity index (χ0v) is 7.99. The van der Waals surface area contributed by atoms with Crippen LogP contribution in [-0.2, 0) is 19.1 Å². The van der Waals surface area contributed by atoms with Gasteiger partial charge in [-0.05, 0) is 6.08 Å². The number of hydrogen-bond donors (Lipinski definition) is 1. The fraction of sp³-hybridized carbons (Fsp3) is 0.333. The fourth-order valence-corrected chi connectivity index (χ4v) is 1.08. The number of ether oxygens (including phenoxy) is 2. The molecule has 1 heterocycles. The second kappa shape index (κ2) is 4.45. The smallest absolute Gasteiger partial charge is 0.341 e. The number of carbonyl (C=O) groups is 2. The monoisotopic (exact) mass is 197 g/mol. The molecule has 1 N–H and O–H groups in total. The molecule has 1 amide bonds. The van der Waals surface area contributed by atoms with Crippen LogP contribution in [0, 0.1) is 0 Å². The number of rotatable bonds is 2. The molecule has 0 radical (unpaired) electrons. The van der Waals surface area contributed by atoms with Gasteiger partial charge in [-0.1, -0.05) is 0 Å². The summed E-state index contributed by atoms with van der Waals surface area (Å²) in [5, 5.41) is 2.47. The van der Waals surface area contributed by atoms with Crippen molar-refractivity contribution in [2.45, 2.75) is 6.42 Å². The molecule has 0 spiro atoms. The maximum atomic E-state index is 11.2. The Morgan fingerprint density at radius 2 is 2.21 bits per heavy atom. The van der Waals surface area contributed by atoms with Crippen molar-refractivity contribution in [2.75, 3.05) is 14.2 Å². The molecule has 0 unspecified atom stereocenters. The molecule has 0 bridgehead atoms. The van der Waals surface area contributed by atoms with E-state index in [0.717, 1.165) is 0 Å². The van der Waals surface area contributed by atoms with E-state index < -0.39 is 5.97 Å². The second-order valence-electron chi connectivity index (χ2n) is 2.61. The van der Waals surface area contributed by atoms with Crippen molar-refractivity contribution in [2.24, 2.45) is 0 Å². The third-order valence-corrected chi connectivity index (χ3v) is 1.77. The number of methoxy groups -OCH3 is 2. The van der Waals surface area contributed by atoms with Crippen molar-refractivity contribution in [1.29, 1.82) is 0 Å². The Morgan fingerprint density at radius 1 is 1.50 bits per heavy atom. The lowest BCUT2D eigenvalue weighted by molar-refractivity contribution is -0.135. The number of esters is 1. The molecule has 0 aromatic heterocycles. The number of nitrogens with one attached hydrogen (secondary N) is 1. The standard InChI is InChI=1S/C9H11NO4/c1-13-7-5-8(11)10-4-3-6(7)9(12)14-2/h3-4H,5H2,1-2H3,(H,10,11). The van der Waals surface area contributed by atoms with Gasteiger partial charge < -0.3 is 14.8 Å². The molecule has 76 valence electrons. The first-order valence-corrected chi connectivity index (χ1v) is 4.00. The van der Waals surface area contributed by atoms with Crippen molar-refractivity contribution in [3.05, 3.63) is 23.6 Å². The van der Waals surface area contributed by atoms with Gasteiger partial charge in [0.2, 0.25) is 5.91 Å². The largest absolute Gasteiger partial charge is 0.500 e. The maximum absolute atomic E-state index is 11.2. The Bertz CT molecular complexity index is 317. The van der Waals surface area contributed by atoms with Crippen LogP contribution in [0.3, 0.4) is 0 Å². The lowest BCUT2D eigenvalue weighted by Crippen LogP contribution is -2.16. The minimum absolute atomic E-state index is 0.0356. The van der Waals surface area contributed by atoms with Crippen molar-refractivity contribution in [3.63, 3.8) is 0 Å². The van der Waals surface area contributed by atoms with Gasteiger partial charge in [0.25, 0.3) is 0 Å². The zero-order chi connectivity index (χ0) is 10.6. The molecule has 0 saturated heterocycles. The molecule has 0 fully saturated rings. The van der Waals surface area contributed by atoms with E-state index in [4.69, 9.17) is 4.74 Å². The normalized spacial score (nSPS) is 16.0. The van der Waals surface area contributed by atoms with Crippen molar-refractivity contribution < 1.29 is 19.1 Å². The molecule has 0 aromatic rings. The van der Waals surface area contributed by atoms with Crippen molar-refractivity contribution >= 4 is 11.9 Å². The summed E-state index contributed by atoms with van der Waals surface area (Å²) in [5.74, 6) is -0.435. The van der Waals surface area contributed by atoms with Gasteiger partial charge in [-0.2, -0.15) is 0 Å². The summed E-state index contributed by atoms with van der Waals surface area (Å²) in [4.78, 5) is 22.3. The molecule has 5 heteroatoms. The second-order valence-corrected chi connectivity index (χ2v) is 2.61. The molecule has 0 aliphatic carbocycles. The third kappa shape index (κ3) is 2.12. The predicted molar refractivity (Wildman–Crippen MR) is 48.0 cm³/mol. The Kier molecular flexibility index (Phi) is 3.28. The van der Waals surface area contributed by atoms with Gasteiger partial charge in [-0.25, -0.2) is 4.79 Å². The molecule has 1 aliphatic rings. The first-order valence-electron chi connectivity index (χ1n) is 4.00. The predicted octanol–water partition coefficient (Wildman–Crippen LogP) is 0.0935. The first kappa shape index (κ1) is 10.3. The van der Waals surface area contributed by atoms with Crippen LogP contribution in [0.15, 0.2) is 23.6 Å². The number of carbonyl (C=O) groups excluding carboxylic acids is 2.